The monoisotopic (exact) mass is 440 g/mol. The Hall–Kier alpha value is -2.72. The molecule has 0 saturated carbocycles. The van der Waals surface area contributed by atoms with E-state index in [1.54, 1.807) is 43.4 Å². The zero-order valence-electron chi connectivity index (χ0n) is 17.1. The van der Waals surface area contributed by atoms with Crippen LogP contribution in [-0.2, 0) is 16.6 Å². The van der Waals surface area contributed by atoms with Crippen LogP contribution in [0.5, 0.6) is 5.75 Å². The first-order valence-corrected chi connectivity index (χ1v) is 10.7. The first-order chi connectivity index (χ1) is 14.2. The number of benzene rings is 2. The molecule has 30 heavy (non-hydrogen) atoms. The topological polar surface area (TPSA) is 83.0 Å². The Kier molecular flexibility index (Phi) is 8.55. The highest BCUT2D eigenvalue weighted by Gasteiger charge is 2.13. The van der Waals surface area contributed by atoms with E-state index >= 15 is 0 Å². The molecule has 2 aromatic rings. The summed E-state index contributed by atoms with van der Waals surface area (Å²) >= 11 is 0. The van der Waals surface area contributed by atoms with Crippen LogP contribution >= 0.6 is 0 Å². The van der Waals surface area contributed by atoms with Gasteiger partial charge in [-0.15, -0.1) is 0 Å². The molecule has 0 amide bonds. The van der Waals surface area contributed by atoms with Crippen LogP contribution in [0.2, 0.25) is 0 Å². The van der Waals surface area contributed by atoms with Crippen molar-refractivity contribution in [1.29, 1.82) is 0 Å². The van der Waals surface area contributed by atoms with Gasteiger partial charge < -0.3 is 15.0 Å². The van der Waals surface area contributed by atoms with E-state index in [2.05, 4.69) is 19.8 Å². The minimum atomic E-state index is -3.57. The van der Waals surface area contributed by atoms with Crippen LogP contribution in [0, 0.1) is 6.92 Å². The highest BCUT2D eigenvalue weighted by Crippen LogP contribution is 2.15. The van der Waals surface area contributed by atoms with Crippen molar-refractivity contribution in [3.63, 3.8) is 0 Å². The molecule has 164 valence electrons. The van der Waals surface area contributed by atoms with Crippen LogP contribution < -0.4 is 14.8 Å². The molecule has 2 aromatic carbocycles. The molecule has 0 aliphatic heterocycles. The molecule has 7 nitrogen and oxygen atoms in total. The maximum atomic E-state index is 12.3. The average Bonchev–Trinajstić information content (AvgIpc) is 2.69. The van der Waals surface area contributed by atoms with Crippen molar-refractivity contribution in [1.82, 2.24) is 14.9 Å². The Bertz CT molecular complexity index is 934. The van der Waals surface area contributed by atoms with E-state index in [1.165, 1.54) is 12.1 Å². The SMILES string of the molecule is CN=C(NCCNS(=O)(=O)c1ccc(C)cc1)N(C)Cc1ccc(OC(F)F)cc1. The van der Waals surface area contributed by atoms with Gasteiger partial charge in [0.25, 0.3) is 0 Å². The fraction of sp³-hybridized carbons (Fsp3) is 0.350. The summed E-state index contributed by atoms with van der Waals surface area (Å²) in [5.41, 5.74) is 1.86. The quantitative estimate of drug-likeness (QED) is 0.356. The largest absolute Gasteiger partial charge is 0.435 e. The molecule has 0 unspecified atom stereocenters. The highest BCUT2D eigenvalue weighted by molar-refractivity contribution is 7.89. The zero-order chi connectivity index (χ0) is 22.1. The van der Waals surface area contributed by atoms with E-state index < -0.39 is 16.6 Å². The van der Waals surface area contributed by atoms with Gasteiger partial charge in [-0.3, -0.25) is 4.99 Å². The summed E-state index contributed by atoms with van der Waals surface area (Å²) in [5, 5.41) is 3.09. The molecule has 0 spiro atoms. The van der Waals surface area contributed by atoms with Crippen molar-refractivity contribution in [2.75, 3.05) is 27.2 Å². The van der Waals surface area contributed by atoms with Crippen molar-refractivity contribution in [2.24, 2.45) is 4.99 Å². The maximum Gasteiger partial charge on any atom is 0.387 e. The minimum absolute atomic E-state index is 0.0970. The normalized spacial score (nSPS) is 12.1. The average molecular weight is 441 g/mol. The number of alkyl halides is 2. The second kappa shape index (κ2) is 10.9. The standard InChI is InChI=1S/C20H26F2N4O3S/c1-15-4-10-18(11-5-15)30(27,28)25-13-12-24-20(23-2)26(3)14-16-6-8-17(9-7-16)29-19(21)22/h4-11,19,25H,12-14H2,1-3H3,(H,23,24). The summed E-state index contributed by atoms with van der Waals surface area (Å²) in [4.78, 5) is 6.22. The lowest BCUT2D eigenvalue weighted by Crippen LogP contribution is -2.42. The molecule has 0 aliphatic carbocycles. The van der Waals surface area contributed by atoms with Crippen molar-refractivity contribution < 1.29 is 21.9 Å². The lowest BCUT2D eigenvalue weighted by molar-refractivity contribution is -0.0498. The van der Waals surface area contributed by atoms with E-state index in [9.17, 15) is 17.2 Å². The summed E-state index contributed by atoms with van der Waals surface area (Å²) in [6, 6.07) is 13.0. The Morgan fingerprint density at radius 1 is 1.10 bits per heavy atom. The third-order valence-electron chi connectivity index (χ3n) is 4.17. The van der Waals surface area contributed by atoms with Crippen LogP contribution in [-0.4, -0.2) is 53.1 Å². The van der Waals surface area contributed by atoms with Crippen LogP contribution in [0.1, 0.15) is 11.1 Å². The number of ether oxygens (including phenoxy) is 1. The summed E-state index contributed by atoms with van der Waals surface area (Å²) in [6.45, 7) is 0.0296. The number of aliphatic imine (C=N–C) groups is 1. The van der Waals surface area contributed by atoms with E-state index in [-0.39, 0.29) is 17.2 Å². The molecule has 0 bridgehead atoms. The number of halogens is 2. The van der Waals surface area contributed by atoms with Crippen LogP contribution in [0.15, 0.2) is 58.4 Å². The summed E-state index contributed by atoms with van der Waals surface area (Å²) in [7, 11) is -0.137. The van der Waals surface area contributed by atoms with Crippen LogP contribution in [0.3, 0.4) is 0 Å². The van der Waals surface area contributed by atoms with Gasteiger partial charge in [0.05, 0.1) is 4.90 Å². The first kappa shape index (κ1) is 23.6. The number of hydrogen-bond acceptors (Lipinski definition) is 4. The predicted octanol–water partition coefficient (Wildman–Crippen LogP) is 2.58. The summed E-state index contributed by atoms with van der Waals surface area (Å²) < 4.78 is 55.9. The number of rotatable bonds is 9. The third-order valence-corrected chi connectivity index (χ3v) is 5.65. The Balaban J connectivity index is 1.83. The Labute approximate surface area is 175 Å². The fourth-order valence-corrected chi connectivity index (χ4v) is 3.70. The molecular weight excluding hydrogens is 414 g/mol. The first-order valence-electron chi connectivity index (χ1n) is 9.23. The molecule has 0 radical (unpaired) electrons. The van der Waals surface area contributed by atoms with Gasteiger partial charge in [-0.25, -0.2) is 13.1 Å². The smallest absolute Gasteiger partial charge is 0.387 e. The molecule has 0 aliphatic rings. The zero-order valence-corrected chi connectivity index (χ0v) is 17.9. The molecule has 0 fully saturated rings. The molecule has 0 saturated heterocycles. The molecule has 2 N–H and O–H groups in total. The van der Waals surface area contributed by atoms with Crippen molar-refractivity contribution in [2.45, 2.75) is 25.0 Å². The van der Waals surface area contributed by atoms with Crippen LogP contribution in [0.25, 0.3) is 0 Å². The third kappa shape index (κ3) is 7.27. The number of nitrogens with zero attached hydrogens (tertiary/aromatic N) is 2. The van der Waals surface area contributed by atoms with Gasteiger partial charge in [0.2, 0.25) is 10.0 Å². The van der Waals surface area contributed by atoms with Gasteiger partial charge in [-0.05, 0) is 36.8 Å². The van der Waals surface area contributed by atoms with Crippen LogP contribution in [0.4, 0.5) is 8.78 Å². The maximum absolute atomic E-state index is 12.3. The van der Waals surface area contributed by atoms with E-state index in [0.717, 1.165) is 11.1 Å². The van der Waals surface area contributed by atoms with Gasteiger partial charge in [-0.1, -0.05) is 29.8 Å². The fourth-order valence-electron chi connectivity index (χ4n) is 2.67. The predicted molar refractivity (Wildman–Crippen MR) is 112 cm³/mol. The number of sulfonamides is 1. The second-order valence-electron chi connectivity index (χ2n) is 6.56. The molecule has 2 rings (SSSR count). The Morgan fingerprint density at radius 3 is 2.30 bits per heavy atom. The van der Waals surface area contributed by atoms with Gasteiger partial charge in [0.15, 0.2) is 5.96 Å². The van der Waals surface area contributed by atoms with Crippen molar-refractivity contribution in [3.8, 4) is 5.75 Å². The van der Waals surface area contributed by atoms with Gasteiger partial charge >= 0.3 is 6.61 Å². The molecule has 0 heterocycles. The molecular formula is C20H26F2N4O3S. The number of guanidine groups is 1. The van der Waals surface area contributed by atoms with Gasteiger partial charge in [-0.2, -0.15) is 8.78 Å². The van der Waals surface area contributed by atoms with E-state index in [4.69, 9.17) is 0 Å². The lowest BCUT2D eigenvalue weighted by Gasteiger charge is -2.22. The second-order valence-corrected chi connectivity index (χ2v) is 8.33. The van der Waals surface area contributed by atoms with Gasteiger partial charge in [0.1, 0.15) is 5.75 Å². The van der Waals surface area contributed by atoms with E-state index in [0.29, 0.717) is 19.0 Å². The van der Waals surface area contributed by atoms with Gasteiger partial charge in [0, 0.05) is 33.7 Å². The minimum Gasteiger partial charge on any atom is -0.435 e. The molecule has 10 heteroatoms. The number of hydrogen-bond donors (Lipinski definition) is 2. The summed E-state index contributed by atoms with van der Waals surface area (Å²) in [5.74, 6) is 0.664. The molecule has 0 atom stereocenters. The number of aryl methyl sites for hydroxylation is 1. The Morgan fingerprint density at radius 2 is 1.73 bits per heavy atom. The number of nitrogens with one attached hydrogen (secondary N) is 2. The molecule has 0 aromatic heterocycles. The highest BCUT2D eigenvalue weighted by atomic mass is 32.2. The lowest BCUT2D eigenvalue weighted by atomic mass is 10.2. The summed E-state index contributed by atoms with van der Waals surface area (Å²) in [6.07, 6.45) is 0. The van der Waals surface area contributed by atoms with E-state index in [1.807, 2.05) is 18.9 Å². The van der Waals surface area contributed by atoms with Crippen molar-refractivity contribution >= 4 is 16.0 Å². The van der Waals surface area contributed by atoms with Crippen molar-refractivity contribution in [3.05, 3.63) is 59.7 Å².